The molecule has 11 heteroatoms. The van der Waals surface area contributed by atoms with Gasteiger partial charge in [-0.1, -0.05) is 30.9 Å². The summed E-state index contributed by atoms with van der Waals surface area (Å²) in [4.78, 5) is 24.1. The number of nitrogens with zero attached hydrogens (tertiary/aromatic N) is 3. The summed E-state index contributed by atoms with van der Waals surface area (Å²) in [6.07, 6.45) is 1.88. The van der Waals surface area contributed by atoms with Crippen LogP contribution in [0.15, 0.2) is 22.3 Å². The van der Waals surface area contributed by atoms with E-state index in [0.29, 0.717) is 5.71 Å². The van der Waals surface area contributed by atoms with Crippen molar-refractivity contribution in [2.75, 3.05) is 19.5 Å². The zero-order valence-electron chi connectivity index (χ0n) is 17.3. The van der Waals surface area contributed by atoms with E-state index in [0.717, 1.165) is 38.3 Å². The largest absolute Gasteiger partial charge is 0.421 e. The topological polar surface area (TPSA) is 88.5 Å². The van der Waals surface area contributed by atoms with E-state index in [1.165, 1.54) is 20.2 Å². The molecule has 1 amide bonds. The molecule has 3 rings (SSSR count). The number of methoxy groups -OCH3 is 1. The lowest BCUT2D eigenvalue weighted by atomic mass is 9.91. The highest BCUT2D eigenvalue weighted by molar-refractivity contribution is 6.33. The lowest BCUT2D eigenvalue weighted by Crippen LogP contribution is -2.37. The number of carbonyl (C=O) groups is 1. The SMILES string of the molecule is CNC(=O)C1CC(OC)C(=Nc2ncc(C(F)(F)F)c(NC3CCCCC3)n2)C=C1Cl. The highest BCUT2D eigenvalue weighted by atomic mass is 35.5. The highest BCUT2D eigenvalue weighted by Crippen LogP contribution is 2.36. The Hall–Kier alpha value is -2.20. The maximum atomic E-state index is 13.5. The summed E-state index contributed by atoms with van der Waals surface area (Å²) in [6.45, 7) is 0. The zero-order chi connectivity index (χ0) is 22.6. The van der Waals surface area contributed by atoms with Crippen molar-refractivity contribution in [3.05, 3.63) is 22.9 Å². The minimum atomic E-state index is -4.59. The van der Waals surface area contributed by atoms with E-state index in [2.05, 4.69) is 25.6 Å². The average Bonchev–Trinajstić information content (AvgIpc) is 2.73. The van der Waals surface area contributed by atoms with Crippen molar-refractivity contribution in [3.8, 4) is 0 Å². The Morgan fingerprint density at radius 1 is 1.29 bits per heavy atom. The molecule has 1 saturated carbocycles. The van der Waals surface area contributed by atoms with E-state index < -0.39 is 23.8 Å². The van der Waals surface area contributed by atoms with Crippen LogP contribution in [0.25, 0.3) is 0 Å². The summed E-state index contributed by atoms with van der Waals surface area (Å²) >= 11 is 6.25. The lowest BCUT2D eigenvalue weighted by molar-refractivity contribution is -0.137. The number of carbonyl (C=O) groups excluding carboxylic acids is 1. The fourth-order valence-corrected chi connectivity index (χ4v) is 4.11. The molecule has 0 aromatic carbocycles. The molecule has 2 atom stereocenters. The molecular formula is C20H25ClF3N5O2. The minimum Gasteiger partial charge on any atom is -0.375 e. The summed E-state index contributed by atoms with van der Waals surface area (Å²) in [6, 6.07) is -0.0747. The molecule has 2 aliphatic carbocycles. The number of alkyl halides is 3. The number of rotatable bonds is 5. The molecular weight excluding hydrogens is 435 g/mol. The number of hydrogen-bond donors (Lipinski definition) is 2. The van der Waals surface area contributed by atoms with E-state index in [1.807, 2.05) is 0 Å². The Morgan fingerprint density at radius 2 is 2.00 bits per heavy atom. The molecule has 0 aliphatic heterocycles. The third-order valence-corrected chi connectivity index (χ3v) is 5.87. The molecule has 1 aromatic rings. The van der Waals surface area contributed by atoms with Crippen LogP contribution in [0.1, 0.15) is 44.1 Å². The first-order valence-corrected chi connectivity index (χ1v) is 10.5. The van der Waals surface area contributed by atoms with Crippen LogP contribution in [-0.4, -0.2) is 47.9 Å². The predicted molar refractivity (Wildman–Crippen MR) is 112 cm³/mol. The van der Waals surface area contributed by atoms with E-state index in [1.54, 1.807) is 0 Å². The fraction of sp³-hybridized carbons (Fsp3) is 0.600. The van der Waals surface area contributed by atoms with Gasteiger partial charge in [-0.15, -0.1) is 0 Å². The molecule has 170 valence electrons. The number of amides is 1. The molecule has 1 aromatic heterocycles. The Balaban J connectivity index is 1.94. The van der Waals surface area contributed by atoms with Gasteiger partial charge in [0.25, 0.3) is 5.95 Å². The number of nitrogens with one attached hydrogen (secondary N) is 2. The van der Waals surface area contributed by atoms with Crippen molar-refractivity contribution in [1.82, 2.24) is 15.3 Å². The lowest BCUT2D eigenvalue weighted by Gasteiger charge is -2.26. The first kappa shape index (κ1) is 23.5. The number of halogens is 4. The van der Waals surface area contributed by atoms with Gasteiger partial charge in [0, 0.05) is 31.4 Å². The maximum absolute atomic E-state index is 13.5. The molecule has 2 N–H and O–H groups in total. The van der Waals surface area contributed by atoms with Gasteiger partial charge >= 0.3 is 6.18 Å². The standard InChI is InChI=1S/C20H25ClF3N5O2/c1-25-18(30)12-8-16(31-2)15(9-14(12)21)28-19-26-10-13(20(22,23)24)17(29-19)27-11-6-4-3-5-7-11/h9-12,16H,3-8H2,1-2H3,(H,25,30)(H,26,27,29). The second kappa shape index (κ2) is 9.95. The molecule has 2 unspecified atom stereocenters. The van der Waals surface area contributed by atoms with Crippen molar-refractivity contribution in [2.45, 2.75) is 56.8 Å². The van der Waals surface area contributed by atoms with Crippen LogP contribution in [0.5, 0.6) is 0 Å². The van der Waals surface area contributed by atoms with Crippen LogP contribution < -0.4 is 10.6 Å². The van der Waals surface area contributed by atoms with Crippen LogP contribution >= 0.6 is 11.6 Å². The van der Waals surface area contributed by atoms with Crippen LogP contribution in [-0.2, 0) is 15.7 Å². The molecule has 7 nitrogen and oxygen atoms in total. The van der Waals surface area contributed by atoms with Crippen LogP contribution in [0.4, 0.5) is 24.9 Å². The smallest absolute Gasteiger partial charge is 0.375 e. The molecule has 0 saturated heterocycles. The predicted octanol–water partition coefficient (Wildman–Crippen LogP) is 4.22. The zero-order valence-corrected chi connectivity index (χ0v) is 18.1. The first-order valence-electron chi connectivity index (χ1n) is 10.1. The Morgan fingerprint density at radius 3 is 2.61 bits per heavy atom. The van der Waals surface area contributed by atoms with Crippen LogP contribution in [0.2, 0.25) is 0 Å². The summed E-state index contributed by atoms with van der Waals surface area (Å²) < 4.78 is 45.8. The second-order valence-corrected chi connectivity index (χ2v) is 8.04. The minimum absolute atomic E-state index is 0.0747. The van der Waals surface area contributed by atoms with Gasteiger partial charge in [0.05, 0.1) is 11.6 Å². The molecule has 0 radical (unpaired) electrons. The van der Waals surface area contributed by atoms with Gasteiger partial charge in [-0.25, -0.2) is 9.98 Å². The maximum Gasteiger partial charge on any atom is 0.421 e. The number of ether oxygens (including phenoxy) is 1. The Bertz CT molecular complexity index is 869. The van der Waals surface area contributed by atoms with Crippen LogP contribution in [0.3, 0.4) is 0 Å². The fourth-order valence-electron chi connectivity index (χ4n) is 3.81. The third-order valence-electron chi connectivity index (χ3n) is 5.50. The van der Waals surface area contributed by atoms with Crippen molar-refractivity contribution in [3.63, 3.8) is 0 Å². The molecule has 1 heterocycles. The Labute approximate surface area is 183 Å². The number of aliphatic imine (C=N–C) groups is 1. The van der Waals surface area contributed by atoms with Crippen LogP contribution in [0, 0.1) is 5.92 Å². The summed E-state index contributed by atoms with van der Waals surface area (Å²) in [5, 5.41) is 5.74. The second-order valence-electron chi connectivity index (χ2n) is 7.60. The van der Waals surface area contributed by atoms with Gasteiger partial charge in [-0.2, -0.15) is 18.2 Å². The van der Waals surface area contributed by atoms with Gasteiger partial charge in [-0.05, 0) is 25.3 Å². The van der Waals surface area contributed by atoms with Gasteiger partial charge in [0.15, 0.2) is 0 Å². The summed E-state index contributed by atoms with van der Waals surface area (Å²) in [5.74, 6) is -1.26. The molecule has 1 fully saturated rings. The number of aromatic nitrogens is 2. The van der Waals surface area contributed by atoms with Crippen molar-refractivity contribution in [1.29, 1.82) is 0 Å². The average molecular weight is 460 g/mol. The molecule has 31 heavy (non-hydrogen) atoms. The number of hydrogen-bond acceptors (Lipinski definition) is 6. The Kier molecular flexibility index (Phi) is 7.53. The van der Waals surface area contributed by atoms with E-state index in [9.17, 15) is 18.0 Å². The monoisotopic (exact) mass is 459 g/mol. The molecule has 0 spiro atoms. The van der Waals surface area contributed by atoms with Gasteiger partial charge < -0.3 is 15.4 Å². The van der Waals surface area contributed by atoms with Gasteiger partial charge in [0.2, 0.25) is 5.91 Å². The van der Waals surface area contributed by atoms with Gasteiger partial charge in [0.1, 0.15) is 17.5 Å². The quantitative estimate of drug-likeness (QED) is 0.688. The normalized spacial score (nSPS) is 24.1. The molecule has 2 aliphatic rings. The van der Waals surface area contributed by atoms with E-state index in [-0.39, 0.29) is 35.2 Å². The van der Waals surface area contributed by atoms with Gasteiger partial charge in [-0.3, -0.25) is 4.79 Å². The van der Waals surface area contributed by atoms with E-state index >= 15 is 0 Å². The van der Waals surface area contributed by atoms with Crippen molar-refractivity contribution < 1.29 is 22.7 Å². The summed E-state index contributed by atoms with van der Waals surface area (Å²) in [5.41, 5.74) is -0.585. The van der Waals surface area contributed by atoms with Crippen molar-refractivity contribution >= 4 is 35.0 Å². The van der Waals surface area contributed by atoms with Crippen molar-refractivity contribution in [2.24, 2.45) is 10.9 Å². The molecule has 0 bridgehead atoms. The van der Waals surface area contributed by atoms with E-state index in [4.69, 9.17) is 16.3 Å². The third kappa shape index (κ3) is 5.74. The highest BCUT2D eigenvalue weighted by Gasteiger charge is 2.36. The summed E-state index contributed by atoms with van der Waals surface area (Å²) in [7, 11) is 2.96. The first-order chi connectivity index (χ1) is 14.7. The number of anilines is 1.